The smallest absolute Gasteiger partial charge is 0.338 e. The van der Waals surface area contributed by atoms with Crippen LogP contribution in [0.5, 0.6) is 0 Å². The molecule has 80 valence electrons. The molecule has 0 aliphatic heterocycles. The molecule has 0 saturated carbocycles. The molecule has 0 bridgehead atoms. The summed E-state index contributed by atoms with van der Waals surface area (Å²) in [5, 5.41) is 0. The molecule has 1 aromatic rings. The van der Waals surface area contributed by atoms with Crippen LogP contribution < -0.4 is 0 Å². The van der Waals surface area contributed by atoms with Crippen molar-refractivity contribution in [2.45, 2.75) is 6.42 Å². The summed E-state index contributed by atoms with van der Waals surface area (Å²) in [5.41, 5.74) is 0.419. The van der Waals surface area contributed by atoms with Crippen molar-refractivity contribution in [2.24, 2.45) is 0 Å². The fourth-order valence-electron chi connectivity index (χ4n) is 0.977. The molecule has 2 nitrogen and oxygen atoms in total. The van der Waals surface area contributed by atoms with Gasteiger partial charge in [0.2, 0.25) is 0 Å². The lowest BCUT2D eigenvalue weighted by Gasteiger charge is -2.01. The molecular formula is C11H10F2O2. The third-order valence-corrected chi connectivity index (χ3v) is 1.66. The fraction of sp³-hybridized carbons (Fsp3) is 0.182. The molecule has 0 fully saturated rings. The number of benzene rings is 1. The molecule has 1 aromatic carbocycles. The summed E-state index contributed by atoms with van der Waals surface area (Å²) >= 11 is 0. The van der Waals surface area contributed by atoms with Crippen LogP contribution in [-0.4, -0.2) is 12.6 Å². The van der Waals surface area contributed by atoms with Crippen molar-refractivity contribution in [3.63, 3.8) is 0 Å². The number of rotatable bonds is 4. The van der Waals surface area contributed by atoms with Gasteiger partial charge >= 0.3 is 5.97 Å². The van der Waals surface area contributed by atoms with E-state index < -0.39 is 12.0 Å². The Labute approximate surface area is 86.2 Å². The van der Waals surface area contributed by atoms with Crippen molar-refractivity contribution >= 4 is 5.97 Å². The van der Waals surface area contributed by atoms with E-state index in [0.29, 0.717) is 5.56 Å². The predicted molar refractivity (Wildman–Crippen MR) is 51.6 cm³/mol. The molecule has 0 aliphatic carbocycles. The lowest BCUT2D eigenvalue weighted by atomic mass is 10.2. The number of carbonyl (C=O) groups is 1. The van der Waals surface area contributed by atoms with Gasteiger partial charge in [0.15, 0.2) is 0 Å². The van der Waals surface area contributed by atoms with E-state index in [1.807, 2.05) is 0 Å². The summed E-state index contributed by atoms with van der Waals surface area (Å²) < 4.78 is 28.0. The monoisotopic (exact) mass is 212 g/mol. The lowest BCUT2D eigenvalue weighted by molar-refractivity contribution is 0.0510. The highest BCUT2D eigenvalue weighted by atomic mass is 19.3. The number of ether oxygens (including phenoxy) is 1. The third-order valence-electron chi connectivity index (χ3n) is 1.66. The first-order valence-electron chi connectivity index (χ1n) is 4.43. The number of halogens is 2. The van der Waals surface area contributed by atoms with Crippen LogP contribution in [0.2, 0.25) is 0 Å². The summed E-state index contributed by atoms with van der Waals surface area (Å²) in [6.07, 6.45) is -1.01. The standard InChI is InChI=1S/C11H10F2O2/c12-10(13)7-4-8-15-11(14)9-5-2-1-3-6-9/h1-3,5-7H,4,8H2. The summed E-state index contributed by atoms with van der Waals surface area (Å²) in [6, 6.07) is 8.40. The topological polar surface area (TPSA) is 26.3 Å². The molecule has 0 aliphatic rings. The van der Waals surface area contributed by atoms with Crippen LogP contribution in [0.25, 0.3) is 0 Å². The molecule has 0 amide bonds. The Morgan fingerprint density at radius 2 is 1.93 bits per heavy atom. The van der Waals surface area contributed by atoms with Crippen molar-refractivity contribution in [2.75, 3.05) is 6.61 Å². The molecular weight excluding hydrogens is 202 g/mol. The molecule has 0 saturated heterocycles. The maximum absolute atomic E-state index is 11.6. The molecule has 4 heteroatoms. The maximum Gasteiger partial charge on any atom is 0.338 e. The van der Waals surface area contributed by atoms with Crippen molar-refractivity contribution in [3.8, 4) is 0 Å². The molecule has 0 heterocycles. The van der Waals surface area contributed by atoms with E-state index in [9.17, 15) is 13.6 Å². The van der Waals surface area contributed by atoms with E-state index in [-0.39, 0.29) is 13.0 Å². The second-order valence-corrected chi connectivity index (χ2v) is 2.78. The molecule has 1 rings (SSSR count). The maximum atomic E-state index is 11.6. The highest BCUT2D eigenvalue weighted by molar-refractivity contribution is 5.89. The first-order valence-corrected chi connectivity index (χ1v) is 4.43. The molecule has 0 N–H and O–H groups in total. The SMILES string of the molecule is O=C(OCCC=C(F)F)c1ccccc1. The molecule has 0 atom stereocenters. The largest absolute Gasteiger partial charge is 0.462 e. The average Bonchev–Trinajstić information content (AvgIpc) is 2.25. The molecule has 15 heavy (non-hydrogen) atoms. The van der Waals surface area contributed by atoms with Crippen molar-refractivity contribution in [1.29, 1.82) is 0 Å². The van der Waals surface area contributed by atoms with E-state index in [2.05, 4.69) is 0 Å². The van der Waals surface area contributed by atoms with Gasteiger partial charge in [-0.3, -0.25) is 0 Å². The van der Waals surface area contributed by atoms with Gasteiger partial charge in [0.05, 0.1) is 12.2 Å². The van der Waals surface area contributed by atoms with Crippen molar-refractivity contribution < 1.29 is 18.3 Å². The van der Waals surface area contributed by atoms with Crippen LogP contribution in [0, 0.1) is 0 Å². The van der Waals surface area contributed by atoms with Gasteiger partial charge in [-0.15, -0.1) is 0 Å². The predicted octanol–water partition coefficient (Wildman–Crippen LogP) is 3.01. The quantitative estimate of drug-likeness (QED) is 0.566. The first-order chi connectivity index (χ1) is 7.20. The van der Waals surface area contributed by atoms with Gasteiger partial charge in [-0.25, -0.2) is 4.79 Å². The zero-order valence-electron chi connectivity index (χ0n) is 7.95. The van der Waals surface area contributed by atoms with Crippen molar-refractivity contribution in [3.05, 3.63) is 48.1 Å². The van der Waals surface area contributed by atoms with Gasteiger partial charge in [0.25, 0.3) is 6.08 Å². The van der Waals surface area contributed by atoms with Gasteiger partial charge < -0.3 is 4.74 Å². The fourth-order valence-corrected chi connectivity index (χ4v) is 0.977. The van der Waals surface area contributed by atoms with Crippen LogP contribution in [0.3, 0.4) is 0 Å². The number of hydrogen-bond acceptors (Lipinski definition) is 2. The average molecular weight is 212 g/mol. The van der Waals surface area contributed by atoms with E-state index in [1.54, 1.807) is 30.3 Å². The van der Waals surface area contributed by atoms with E-state index in [1.165, 1.54) is 0 Å². The minimum atomic E-state index is -1.76. The summed E-state index contributed by atoms with van der Waals surface area (Å²) in [6.45, 7) is -0.0366. The number of carbonyl (C=O) groups excluding carboxylic acids is 1. The van der Waals surface area contributed by atoms with Crippen LogP contribution in [0.1, 0.15) is 16.8 Å². The summed E-state index contributed by atoms with van der Waals surface area (Å²) in [5.74, 6) is -0.497. The lowest BCUT2D eigenvalue weighted by Crippen LogP contribution is -2.05. The van der Waals surface area contributed by atoms with Gasteiger partial charge in [-0.2, -0.15) is 8.78 Å². The molecule has 0 spiro atoms. The van der Waals surface area contributed by atoms with E-state index >= 15 is 0 Å². The second-order valence-electron chi connectivity index (χ2n) is 2.78. The van der Waals surface area contributed by atoms with Gasteiger partial charge in [-0.1, -0.05) is 18.2 Å². The van der Waals surface area contributed by atoms with Gasteiger partial charge in [0.1, 0.15) is 0 Å². The zero-order valence-corrected chi connectivity index (χ0v) is 7.95. The normalized spacial score (nSPS) is 9.47. The van der Waals surface area contributed by atoms with Crippen LogP contribution in [-0.2, 0) is 4.74 Å². The van der Waals surface area contributed by atoms with Crippen molar-refractivity contribution in [1.82, 2.24) is 0 Å². The van der Waals surface area contributed by atoms with Crippen LogP contribution in [0.4, 0.5) is 8.78 Å². The van der Waals surface area contributed by atoms with Crippen LogP contribution >= 0.6 is 0 Å². The van der Waals surface area contributed by atoms with E-state index in [4.69, 9.17) is 4.74 Å². The first kappa shape index (κ1) is 11.4. The minimum Gasteiger partial charge on any atom is -0.462 e. The Bertz CT molecular complexity index is 343. The molecule has 0 aromatic heterocycles. The Morgan fingerprint density at radius 3 is 2.53 bits per heavy atom. The highest BCUT2D eigenvalue weighted by Gasteiger charge is 2.04. The summed E-state index contributed by atoms with van der Waals surface area (Å²) in [7, 11) is 0. The highest BCUT2D eigenvalue weighted by Crippen LogP contribution is 2.03. The Morgan fingerprint density at radius 1 is 1.27 bits per heavy atom. The minimum absolute atomic E-state index is 0.0287. The van der Waals surface area contributed by atoms with E-state index in [0.717, 1.165) is 6.08 Å². The van der Waals surface area contributed by atoms with Crippen LogP contribution in [0.15, 0.2) is 42.5 Å². The number of esters is 1. The third kappa shape index (κ3) is 4.35. The summed E-state index contributed by atoms with van der Waals surface area (Å²) in [4.78, 5) is 11.3. The molecule has 0 unspecified atom stereocenters. The van der Waals surface area contributed by atoms with Gasteiger partial charge in [0, 0.05) is 6.42 Å². The molecule has 0 radical (unpaired) electrons. The zero-order chi connectivity index (χ0) is 11.1. The Balaban J connectivity index is 2.35. The Hall–Kier alpha value is -1.71. The Kier molecular flexibility index (Phi) is 4.47. The number of hydrogen-bond donors (Lipinski definition) is 0. The van der Waals surface area contributed by atoms with Gasteiger partial charge in [-0.05, 0) is 18.2 Å². The second kappa shape index (κ2) is 5.90.